The van der Waals surface area contributed by atoms with Crippen molar-refractivity contribution >= 4 is 40.6 Å². The number of halogens is 1. The van der Waals surface area contributed by atoms with Crippen molar-refractivity contribution < 1.29 is 9.53 Å². The van der Waals surface area contributed by atoms with Crippen LogP contribution < -0.4 is 10.6 Å². The van der Waals surface area contributed by atoms with Crippen LogP contribution in [0.4, 0.5) is 5.69 Å². The molecule has 1 aromatic rings. The summed E-state index contributed by atoms with van der Waals surface area (Å²) in [4.78, 5) is 11.7. The number of anilines is 1. The van der Waals surface area contributed by atoms with Crippen molar-refractivity contribution in [1.29, 1.82) is 0 Å². The van der Waals surface area contributed by atoms with Gasteiger partial charge in [0.05, 0.1) is 17.2 Å². The number of rotatable bonds is 3. The molecule has 0 fully saturated rings. The van der Waals surface area contributed by atoms with Gasteiger partial charge in [0, 0.05) is 11.2 Å². The van der Waals surface area contributed by atoms with Gasteiger partial charge in [-0.3, -0.25) is 0 Å². The summed E-state index contributed by atoms with van der Waals surface area (Å²) in [6, 6.07) is 5.01. The molecule has 0 spiro atoms. The van der Waals surface area contributed by atoms with E-state index in [-0.39, 0.29) is 5.54 Å². The number of benzene rings is 1. The zero-order chi connectivity index (χ0) is 15.3. The molecule has 20 heavy (non-hydrogen) atoms. The smallest absolute Gasteiger partial charge is 0.339 e. The summed E-state index contributed by atoms with van der Waals surface area (Å²) in [5, 5.41) is 6.98. The lowest BCUT2D eigenvalue weighted by Gasteiger charge is -2.23. The Hall–Kier alpha value is -1.33. The quantitative estimate of drug-likeness (QED) is 0.659. The molecular weight excluding hydrogens is 296 g/mol. The first-order valence-electron chi connectivity index (χ1n) is 6.29. The molecule has 0 unspecified atom stereocenters. The highest BCUT2D eigenvalue weighted by atomic mass is 35.5. The number of nitrogens with one attached hydrogen (secondary N) is 2. The number of carbonyl (C=O) groups is 1. The Balaban J connectivity index is 2.85. The predicted octanol–water partition coefficient (Wildman–Crippen LogP) is 3.60. The normalized spacial score (nSPS) is 10.8. The minimum atomic E-state index is -0.448. The van der Waals surface area contributed by atoms with Crippen LogP contribution in [0.1, 0.15) is 38.1 Å². The lowest BCUT2D eigenvalue weighted by atomic mass is 10.1. The molecule has 0 saturated heterocycles. The SMILES string of the molecule is CCOC(=O)c1cc(NC(=S)NC(C)(C)C)ccc1Cl. The van der Waals surface area contributed by atoms with Gasteiger partial charge in [0.1, 0.15) is 0 Å². The van der Waals surface area contributed by atoms with E-state index in [1.54, 1.807) is 25.1 Å². The van der Waals surface area contributed by atoms with E-state index in [1.165, 1.54) is 0 Å². The molecule has 0 aliphatic carbocycles. The summed E-state index contributed by atoms with van der Waals surface area (Å²) in [7, 11) is 0. The third-order valence-electron chi connectivity index (χ3n) is 2.21. The topological polar surface area (TPSA) is 50.4 Å². The number of ether oxygens (including phenoxy) is 1. The van der Waals surface area contributed by atoms with E-state index in [1.807, 2.05) is 20.8 Å². The van der Waals surface area contributed by atoms with Crippen molar-refractivity contribution in [2.24, 2.45) is 0 Å². The van der Waals surface area contributed by atoms with E-state index in [0.717, 1.165) is 0 Å². The molecule has 0 aliphatic heterocycles. The van der Waals surface area contributed by atoms with Crippen molar-refractivity contribution in [2.75, 3.05) is 11.9 Å². The van der Waals surface area contributed by atoms with Crippen LogP contribution in [0.15, 0.2) is 18.2 Å². The van der Waals surface area contributed by atoms with Crippen LogP contribution in [0, 0.1) is 0 Å². The number of esters is 1. The summed E-state index contributed by atoms with van der Waals surface area (Å²) < 4.78 is 4.95. The minimum absolute atomic E-state index is 0.138. The maximum atomic E-state index is 11.7. The molecule has 0 amide bonds. The maximum absolute atomic E-state index is 11.7. The van der Waals surface area contributed by atoms with Gasteiger partial charge in [0.25, 0.3) is 0 Å². The molecule has 1 rings (SSSR count). The number of hydrogen-bond acceptors (Lipinski definition) is 3. The molecule has 0 bridgehead atoms. The average molecular weight is 315 g/mol. The van der Waals surface area contributed by atoms with Gasteiger partial charge in [0.15, 0.2) is 5.11 Å². The van der Waals surface area contributed by atoms with E-state index >= 15 is 0 Å². The molecular formula is C14H19ClN2O2S. The largest absolute Gasteiger partial charge is 0.462 e. The summed E-state index contributed by atoms with van der Waals surface area (Å²) in [6.45, 7) is 8.07. The molecule has 1 aromatic carbocycles. The minimum Gasteiger partial charge on any atom is -0.462 e. The Bertz CT molecular complexity index is 512. The van der Waals surface area contributed by atoms with Gasteiger partial charge in [-0.25, -0.2) is 4.79 Å². The van der Waals surface area contributed by atoms with E-state index in [2.05, 4.69) is 10.6 Å². The zero-order valence-electron chi connectivity index (χ0n) is 12.0. The van der Waals surface area contributed by atoms with Crippen LogP contribution in [0.5, 0.6) is 0 Å². The van der Waals surface area contributed by atoms with Gasteiger partial charge in [-0.2, -0.15) is 0 Å². The highest BCUT2D eigenvalue weighted by molar-refractivity contribution is 7.80. The van der Waals surface area contributed by atoms with Crippen molar-refractivity contribution in [1.82, 2.24) is 5.32 Å². The molecule has 0 aromatic heterocycles. The van der Waals surface area contributed by atoms with Crippen molar-refractivity contribution in [2.45, 2.75) is 33.2 Å². The number of thiocarbonyl (C=S) groups is 1. The van der Waals surface area contributed by atoms with Crippen LogP contribution >= 0.6 is 23.8 Å². The Kier molecular flexibility index (Phi) is 5.77. The molecule has 6 heteroatoms. The first kappa shape index (κ1) is 16.7. The van der Waals surface area contributed by atoms with Crippen LogP contribution in [-0.4, -0.2) is 23.2 Å². The van der Waals surface area contributed by atoms with E-state index < -0.39 is 5.97 Å². The van der Waals surface area contributed by atoms with E-state index in [4.69, 9.17) is 28.6 Å². The summed E-state index contributed by atoms with van der Waals surface area (Å²) >= 11 is 11.2. The monoisotopic (exact) mass is 314 g/mol. The standard InChI is InChI=1S/C14H19ClN2O2S/c1-5-19-12(18)10-8-9(6-7-11(10)15)16-13(20)17-14(2,3)4/h6-8H,5H2,1-4H3,(H2,16,17,20). The summed E-state index contributed by atoms with van der Waals surface area (Å²) in [5.41, 5.74) is 0.858. The van der Waals surface area contributed by atoms with Gasteiger partial charge in [-0.05, 0) is 58.1 Å². The molecule has 0 heterocycles. The Labute approximate surface area is 129 Å². The fraction of sp³-hybridized carbons (Fsp3) is 0.429. The summed E-state index contributed by atoms with van der Waals surface area (Å²) in [5.74, 6) is -0.448. The number of carbonyl (C=O) groups excluding carboxylic acids is 1. The molecule has 2 N–H and O–H groups in total. The second-order valence-corrected chi connectivity index (χ2v) is 6.06. The molecule has 0 atom stereocenters. The molecule has 0 aliphatic rings. The Morgan fingerprint density at radius 2 is 2.05 bits per heavy atom. The second kappa shape index (κ2) is 6.90. The van der Waals surface area contributed by atoms with E-state index in [9.17, 15) is 4.79 Å². The van der Waals surface area contributed by atoms with E-state index in [0.29, 0.717) is 28.0 Å². The van der Waals surface area contributed by atoms with Crippen LogP contribution in [-0.2, 0) is 4.74 Å². The fourth-order valence-corrected chi connectivity index (χ4v) is 2.09. The average Bonchev–Trinajstić information content (AvgIpc) is 2.29. The third kappa shape index (κ3) is 5.35. The van der Waals surface area contributed by atoms with Gasteiger partial charge in [-0.15, -0.1) is 0 Å². The predicted molar refractivity (Wildman–Crippen MR) is 86.5 cm³/mol. The van der Waals surface area contributed by atoms with Crippen LogP contribution in [0.25, 0.3) is 0 Å². The van der Waals surface area contributed by atoms with Crippen LogP contribution in [0.2, 0.25) is 5.02 Å². The lowest BCUT2D eigenvalue weighted by Crippen LogP contribution is -2.42. The highest BCUT2D eigenvalue weighted by Crippen LogP contribution is 2.21. The first-order chi connectivity index (χ1) is 9.23. The maximum Gasteiger partial charge on any atom is 0.339 e. The Morgan fingerprint density at radius 3 is 2.60 bits per heavy atom. The van der Waals surface area contributed by atoms with Gasteiger partial charge < -0.3 is 15.4 Å². The van der Waals surface area contributed by atoms with Gasteiger partial charge >= 0.3 is 5.97 Å². The zero-order valence-corrected chi connectivity index (χ0v) is 13.6. The third-order valence-corrected chi connectivity index (χ3v) is 2.74. The first-order valence-corrected chi connectivity index (χ1v) is 7.07. The van der Waals surface area contributed by atoms with Crippen molar-refractivity contribution in [3.8, 4) is 0 Å². The second-order valence-electron chi connectivity index (χ2n) is 5.24. The Morgan fingerprint density at radius 1 is 1.40 bits per heavy atom. The summed E-state index contributed by atoms with van der Waals surface area (Å²) in [6.07, 6.45) is 0. The molecule has 110 valence electrons. The number of hydrogen-bond donors (Lipinski definition) is 2. The van der Waals surface area contributed by atoms with Crippen molar-refractivity contribution in [3.05, 3.63) is 28.8 Å². The highest BCUT2D eigenvalue weighted by Gasteiger charge is 2.14. The molecule has 0 radical (unpaired) electrons. The van der Waals surface area contributed by atoms with Crippen LogP contribution in [0.3, 0.4) is 0 Å². The fourth-order valence-electron chi connectivity index (χ4n) is 1.47. The molecule has 0 saturated carbocycles. The van der Waals surface area contributed by atoms with Crippen molar-refractivity contribution in [3.63, 3.8) is 0 Å². The van der Waals surface area contributed by atoms with Gasteiger partial charge in [-0.1, -0.05) is 11.6 Å². The van der Waals surface area contributed by atoms with Gasteiger partial charge in [0.2, 0.25) is 0 Å². The molecule has 4 nitrogen and oxygen atoms in total. The lowest BCUT2D eigenvalue weighted by molar-refractivity contribution is 0.0526.